The Morgan fingerprint density at radius 2 is 2.12 bits per heavy atom. The largest absolute Gasteiger partial charge is 0.395 e. The average Bonchev–Trinajstić information content (AvgIpc) is 2.41. The van der Waals surface area contributed by atoms with E-state index in [1.54, 1.807) is 0 Å². The molecule has 4 heteroatoms. The molecular weight excluding hydrogens is 202 g/mol. The number of hydrogen-bond donors (Lipinski definition) is 2. The zero-order valence-corrected chi connectivity index (χ0v) is 10.9. The molecule has 1 heterocycles. The van der Waals surface area contributed by atoms with Crippen molar-refractivity contribution >= 4 is 0 Å². The molecule has 0 saturated carbocycles. The predicted octanol–water partition coefficient (Wildman–Crippen LogP) is 0.111. The van der Waals surface area contributed by atoms with E-state index in [0.29, 0.717) is 6.04 Å². The van der Waals surface area contributed by atoms with Crippen molar-refractivity contribution in [1.29, 1.82) is 0 Å². The van der Waals surface area contributed by atoms with Crippen molar-refractivity contribution in [2.45, 2.75) is 44.8 Å². The highest BCUT2D eigenvalue weighted by atomic mass is 16.3. The summed E-state index contributed by atoms with van der Waals surface area (Å²) in [4.78, 5) is 4.79. The van der Waals surface area contributed by atoms with Gasteiger partial charge in [-0.25, -0.2) is 0 Å². The van der Waals surface area contributed by atoms with E-state index in [4.69, 9.17) is 5.73 Å². The average molecular weight is 229 g/mol. The van der Waals surface area contributed by atoms with Gasteiger partial charge in [-0.2, -0.15) is 0 Å². The molecule has 3 unspecified atom stereocenters. The molecule has 96 valence electrons. The van der Waals surface area contributed by atoms with E-state index in [1.165, 1.54) is 0 Å². The Morgan fingerprint density at radius 3 is 2.62 bits per heavy atom. The van der Waals surface area contributed by atoms with Crippen molar-refractivity contribution in [2.75, 3.05) is 33.3 Å². The van der Waals surface area contributed by atoms with Gasteiger partial charge in [0.25, 0.3) is 0 Å². The van der Waals surface area contributed by atoms with Gasteiger partial charge in [0.15, 0.2) is 0 Å². The second-order valence-corrected chi connectivity index (χ2v) is 5.02. The maximum absolute atomic E-state index is 9.48. The number of aliphatic hydroxyl groups excluding tert-OH is 1. The summed E-state index contributed by atoms with van der Waals surface area (Å²) >= 11 is 0. The summed E-state index contributed by atoms with van der Waals surface area (Å²) in [5, 5.41) is 9.48. The van der Waals surface area contributed by atoms with Crippen molar-refractivity contribution in [1.82, 2.24) is 9.80 Å². The SMILES string of the molecule is CCC1CN(C)CCCN1C(CO)C(C)N. The van der Waals surface area contributed by atoms with Crippen LogP contribution in [0.15, 0.2) is 0 Å². The third-order valence-electron chi connectivity index (χ3n) is 3.64. The number of hydrogen-bond acceptors (Lipinski definition) is 4. The van der Waals surface area contributed by atoms with Gasteiger partial charge >= 0.3 is 0 Å². The summed E-state index contributed by atoms with van der Waals surface area (Å²) in [5.41, 5.74) is 5.97. The van der Waals surface area contributed by atoms with Crippen molar-refractivity contribution in [2.24, 2.45) is 5.73 Å². The summed E-state index contributed by atoms with van der Waals surface area (Å²) in [5.74, 6) is 0. The van der Waals surface area contributed by atoms with E-state index in [9.17, 15) is 5.11 Å². The van der Waals surface area contributed by atoms with E-state index in [0.717, 1.165) is 32.5 Å². The van der Waals surface area contributed by atoms with Crippen molar-refractivity contribution in [3.8, 4) is 0 Å². The molecule has 0 spiro atoms. The molecule has 3 N–H and O–H groups in total. The minimum absolute atomic E-state index is 0.0301. The van der Waals surface area contributed by atoms with Gasteiger partial charge in [0.2, 0.25) is 0 Å². The zero-order chi connectivity index (χ0) is 12.1. The molecule has 0 aliphatic carbocycles. The lowest BCUT2D eigenvalue weighted by Crippen LogP contribution is -2.54. The van der Waals surface area contributed by atoms with Gasteiger partial charge < -0.3 is 15.7 Å². The van der Waals surface area contributed by atoms with E-state index in [-0.39, 0.29) is 18.7 Å². The Morgan fingerprint density at radius 1 is 1.44 bits per heavy atom. The summed E-state index contributed by atoms with van der Waals surface area (Å²) in [6.45, 7) is 7.64. The van der Waals surface area contributed by atoms with Crippen molar-refractivity contribution in [3.05, 3.63) is 0 Å². The fourth-order valence-electron chi connectivity index (χ4n) is 2.64. The summed E-state index contributed by atoms with van der Waals surface area (Å²) in [6.07, 6.45) is 2.28. The van der Waals surface area contributed by atoms with Gasteiger partial charge in [0, 0.05) is 31.2 Å². The van der Waals surface area contributed by atoms with Gasteiger partial charge in [-0.05, 0) is 33.4 Å². The normalized spacial score (nSPS) is 28.7. The second kappa shape index (κ2) is 6.55. The number of likely N-dealkylation sites (N-methyl/N-ethyl adjacent to an activating group) is 1. The molecule has 0 aromatic rings. The third-order valence-corrected chi connectivity index (χ3v) is 3.64. The number of nitrogens with two attached hydrogens (primary N) is 1. The minimum Gasteiger partial charge on any atom is -0.395 e. The smallest absolute Gasteiger partial charge is 0.0601 e. The van der Waals surface area contributed by atoms with Crippen LogP contribution in [0.1, 0.15) is 26.7 Å². The first kappa shape index (κ1) is 13.9. The molecule has 1 aliphatic rings. The first-order valence-corrected chi connectivity index (χ1v) is 6.40. The van der Waals surface area contributed by atoms with Crippen LogP contribution >= 0.6 is 0 Å². The third kappa shape index (κ3) is 3.42. The van der Waals surface area contributed by atoms with Crippen LogP contribution in [-0.4, -0.2) is 66.3 Å². The molecule has 1 saturated heterocycles. The van der Waals surface area contributed by atoms with Crippen LogP contribution in [0.4, 0.5) is 0 Å². The molecule has 0 radical (unpaired) electrons. The Balaban J connectivity index is 2.73. The van der Waals surface area contributed by atoms with Gasteiger partial charge in [0.1, 0.15) is 0 Å². The number of nitrogens with zero attached hydrogens (tertiary/aromatic N) is 2. The molecule has 1 fully saturated rings. The zero-order valence-electron chi connectivity index (χ0n) is 10.9. The second-order valence-electron chi connectivity index (χ2n) is 5.02. The van der Waals surface area contributed by atoms with Gasteiger partial charge in [-0.15, -0.1) is 0 Å². The molecule has 4 nitrogen and oxygen atoms in total. The van der Waals surface area contributed by atoms with Gasteiger partial charge in [-0.3, -0.25) is 4.90 Å². The number of aliphatic hydroxyl groups is 1. The standard InChI is InChI=1S/C12H27N3O/c1-4-11-8-14(3)6-5-7-15(11)12(9-16)10(2)13/h10-12,16H,4-9,13H2,1-3H3. The lowest BCUT2D eigenvalue weighted by atomic mass is 10.1. The summed E-state index contributed by atoms with van der Waals surface area (Å²) < 4.78 is 0. The molecule has 0 aromatic carbocycles. The Labute approximate surface area is 99.4 Å². The molecule has 0 aromatic heterocycles. The molecule has 1 aliphatic heterocycles. The van der Waals surface area contributed by atoms with Crippen molar-refractivity contribution < 1.29 is 5.11 Å². The summed E-state index contributed by atoms with van der Waals surface area (Å²) in [7, 11) is 2.17. The van der Waals surface area contributed by atoms with Crippen LogP contribution in [0.3, 0.4) is 0 Å². The molecule has 16 heavy (non-hydrogen) atoms. The first-order valence-electron chi connectivity index (χ1n) is 6.40. The van der Waals surface area contributed by atoms with Crippen LogP contribution in [0.2, 0.25) is 0 Å². The summed E-state index contributed by atoms with van der Waals surface area (Å²) in [6, 6.07) is 0.662. The number of rotatable bonds is 4. The van der Waals surface area contributed by atoms with Crippen LogP contribution in [0, 0.1) is 0 Å². The van der Waals surface area contributed by atoms with E-state index in [1.807, 2.05) is 6.92 Å². The monoisotopic (exact) mass is 229 g/mol. The van der Waals surface area contributed by atoms with Crippen LogP contribution < -0.4 is 5.73 Å². The Bertz CT molecular complexity index is 199. The Hall–Kier alpha value is -0.160. The molecule has 0 amide bonds. The van der Waals surface area contributed by atoms with E-state index >= 15 is 0 Å². The van der Waals surface area contributed by atoms with E-state index in [2.05, 4.69) is 23.8 Å². The molecular formula is C12H27N3O. The van der Waals surface area contributed by atoms with Gasteiger partial charge in [-0.1, -0.05) is 6.92 Å². The quantitative estimate of drug-likeness (QED) is 0.718. The lowest BCUT2D eigenvalue weighted by molar-refractivity contribution is 0.0689. The fourth-order valence-corrected chi connectivity index (χ4v) is 2.64. The van der Waals surface area contributed by atoms with E-state index < -0.39 is 0 Å². The van der Waals surface area contributed by atoms with Gasteiger partial charge in [0.05, 0.1) is 6.61 Å². The van der Waals surface area contributed by atoms with Crippen LogP contribution in [0.5, 0.6) is 0 Å². The molecule has 0 bridgehead atoms. The highest BCUT2D eigenvalue weighted by Crippen LogP contribution is 2.16. The maximum atomic E-state index is 9.48. The lowest BCUT2D eigenvalue weighted by Gasteiger charge is -2.38. The Kier molecular flexibility index (Phi) is 5.69. The highest BCUT2D eigenvalue weighted by molar-refractivity contribution is 4.86. The van der Waals surface area contributed by atoms with Crippen LogP contribution in [-0.2, 0) is 0 Å². The first-order chi connectivity index (χ1) is 7.60. The highest BCUT2D eigenvalue weighted by Gasteiger charge is 2.29. The fraction of sp³-hybridized carbons (Fsp3) is 1.00. The topological polar surface area (TPSA) is 52.7 Å². The minimum atomic E-state index is 0.0301. The molecule has 3 atom stereocenters. The molecule has 1 rings (SSSR count). The predicted molar refractivity (Wildman–Crippen MR) is 67.4 cm³/mol. The maximum Gasteiger partial charge on any atom is 0.0601 e. The van der Waals surface area contributed by atoms with Crippen LogP contribution in [0.25, 0.3) is 0 Å². The van der Waals surface area contributed by atoms with Crippen molar-refractivity contribution in [3.63, 3.8) is 0 Å².